The lowest BCUT2D eigenvalue weighted by Gasteiger charge is -2.00. The summed E-state index contributed by atoms with van der Waals surface area (Å²) in [6.45, 7) is 2.05. The van der Waals surface area contributed by atoms with E-state index in [1.165, 1.54) is 5.56 Å². The molecular weight excluding hydrogens is 286 g/mol. The van der Waals surface area contributed by atoms with E-state index in [4.69, 9.17) is 21.9 Å². The summed E-state index contributed by atoms with van der Waals surface area (Å²) in [6.07, 6.45) is 0.617. The monoisotopic (exact) mass is 299 g/mol. The molecule has 0 aliphatic carbocycles. The first-order chi connectivity index (χ1) is 10.1. The molecule has 106 valence electrons. The minimum absolute atomic E-state index is 0.387. The molecule has 0 bridgehead atoms. The summed E-state index contributed by atoms with van der Waals surface area (Å²) >= 11 is 5.98. The van der Waals surface area contributed by atoms with Gasteiger partial charge in [0.15, 0.2) is 5.82 Å². The molecule has 2 aromatic carbocycles. The topological polar surface area (TPSA) is 64.9 Å². The van der Waals surface area contributed by atoms with Crippen LogP contribution in [0, 0.1) is 6.92 Å². The van der Waals surface area contributed by atoms with Crippen LogP contribution in [0.5, 0.6) is 0 Å². The standard InChI is InChI=1S/C16H14ClN3O/c1-10-3-2-4-11(7-10)8-15-19-16(21-20-15)13-9-12(17)5-6-14(13)18/h2-7,9H,8,18H2,1H3. The van der Waals surface area contributed by atoms with E-state index in [0.717, 1.165) is 5.56 Å². The molecule has 0 atom stereocenters. The summed E-state index contributed by atoms with van der Waals surface area (Å²) in [5.41, 5.74) is 9.48. The maximum Gasteiger partial charge on any atom is 0.260 e. The smallest absolute Gasteiger partial charge is 0.260 e. The molecule has 0 spiro atoms. The number of rotatable bonds is 3. The molecule has 0 radical (unpaired) electrons. The van der Waals surface area contributed by atoms with E-state index in [-0.39, 0.29) is 0 Å². The number of hydrogen-bond donors (Lipinski definition) is 1. The van der Waals surface area contributed by atoms with Crippen molar-refractivity contribution in [3.63, 3.8) is 0 Å². The van der Waals surface area contributed by atoms with Gasteiger partial charge in [0, 0.05) is 17.1 Å². The van der Waals surface area contributed by atoms with E-state index >= 15 is 0 Å². The Hall–Kier alpha value is -2.33. The van der Waals surface area contributed by atoms with Gasteiger partial charge in [0.05, 0.1) is 5.56 Å². The van der Waals surface area contributed by atoms with Gasteiger partial charge in [0.2, 0.25) is 0 Å². The molecule has 0 aliphatic rings. The Labute approximate surface area is 127 Å². The quantitative estimate of drug-likeness (QED) is 0.746. The van der Waals surface area contributed by atoms with E-state index in [2.05, 4.69) is 29.2 Å². The lowest BCUT2D eigenvalue weighted by molar-refractivity contribution is 0.424. The van der Waals surface area contributed by atoms with Crippen LogP contribution in [0.3, 0.4) is 0 Å². The van der Waals surface area contributed by atoms with Gasteiger partial charge in [-0.1, -0.05) is 46.6 Å². The molecule has 3 rings (SSSR count). The van der Waals surface area contributed by atoms with Gasteiger partial charge in [-0.15, -0.1) is 0 Å². The van der Waals surface area contributed by atoms with Gasteiger partial charge >= 0.3 is 0 Å². The summed E-state index contributed by atoms with van der Waals surface area (Å²) in [6, 6.07) is 13.4. The van der Waals surface area contributed by atoms with Crippen molar-refractivity contribution in [2.75, 3.05) is 5.73 Å². The van der Waals surface area contributed by atoms with Gasteiger partial charge in [-0.3, -0.25) is 0 Å². The first-order valence-electron chi connectivity index (χ1n) is 6.55. The van der Waals surface area contributed by atoms with Crippen LogP contribution in [0.1, 0.15) is 17.0 Å². The van der Waals surface area contributed by atoms with Crippen molar-refractivity contribution < 1.29 is 4.52 Å². The maximum absolute atomic E-state index is 5.98. The van der Waals surface area contributed by atoms with Crippen LogP contribution in [0.25, 0.3) is 11.5 Å². The van der Waals surface area contributed by atoms with Gasteiger partial charge in [-0.2, -0.15) is 4.98 Å². The molecule has 0 saturated heterocycles. The van der Waals surface area contributed by atoms with Gasteiger partial charge in [-0.05, 0) is 30.7 Å². The van der Waals surface area contributed by atoms with Crippen molar-refractivity contribution >= 4 is 17.3 Å². The van der Waals surface area contributed by atoms with Gasteiger partial charge in [0.1, 0.15) is 0 Å². The van der Waals surface area contributed by atoms with E-state index in [9.17, 15) is 0 Å². The van der Waals surface area contributed by atoms with Crippen LogP contribution in [0.2, 0.25) is 5.02 Å². The highest BCUT2D eigenvalue weighted by atomic mass is 35.5. The number of aromatic nitrogens is 2. The average Bonchev–Trinajstić information content (AvgIpc) is 2.90. The maximum atomic E-state index is 5.98. The molecule has 1 heterocycles. The van der Waals surface area contributed by atoms with Crippen molar-refractivity contribution in [3.05, 3.63) is 64.4 Å². The average molecular weight is 300 g/mol. The summed E-state index contributed by atoms with van der Waals surface area (Å²) < 4.78 is 5.29. The lowest BCUT2D eigenvalue weighted by atomic mass is 10.1. The first kappa shape index (κ1) is 13.6. The first-order valence-corrected chi connectivity index (χ1v) is 6.93. The highest BCUT2D eigenvalue weighted by Gasteiger charge is 2.12. The van der Waals surface area contributed by atoms with Crippen LogP contribution >= 0.6 is 11.6 Å². The normalized spacial score (nSPS) is 10.8. The predicted molar refractivity (Wildman–Crippen MR) is 83.1 cm³/mol. The molecule has 5 heteroatoms. The van der Waals surface area contributed by atoms with Crippen molar-refractivity contribution in [2.45, 2.75) is 13.3 Å². The Morgan fingerprint density at radius 1 is 1.19 bits per heavy atom. The van der Waals surface area contributed by atoms with Crippen LogP contribution in [-0.2, 0) is 6.42 Å². The van der Waals surface area contributed by atoms with Crippen molar-refractivity contribution in [2.24, 2.45) is 0 Å². The Kier molecular flexibility index (Phi) is 3.62. The fourth-order valence-corrected chi connectivity index (χ4v) is 2.33. The molecule has 0 unspecified atom stereocenters. The SMILES string of the molecule is Cc1cccc(Cc2noc(-c3cc(Cl)ccc3N)n2)c1. The third-order valence-corrected chi connectivity index (χ3v) is 3.39. The molecule has 0 fully saturated rings. The van der Waals surface area contributed by atoms with Crippen molar-refractivity contribution in [3.8, 4) is 11.5 Å². The van der Waals surface area contributed by atoms with Crippen LogP contribution in [0.4, 0.5) is 5.69 Å². The van der Waals surface area contributed by atoms with Crippen molar-refractivity contribution in [1.29, 1.82) is 0 Å². The van der Waals surface area contributed by atoms with Crippen LogP contribution in [0.15, 0.2) is 47.0 Å². The lowest BCUT2D eigenvalue weighted by Crippen LogP contribution is -1.92. The fraction of sp³-hybridized carbons (Fsp3) is 0.125. The van der Waals surface area contributed by atoms with E-state index < -0.39 is 0 Å². The summed E-state index contributed by atoms with van der Waals surface area (Å²) in [7, 11) is 0. The number of hydrogen-bond acceptors (Lipinski definition) is 4. The van der Waals surface area contributed by atoms with Gasteiger partial charge < -0.3 is 10.3 Å². The van der Waals surface area contributed by atoms with E-state index in [1.54, 1.807) is 18.2 Å². The number of nitrogens with zero attached hydrogens (tertiary/aromatic N) is 2. The second-order valence-corrected chi connectivity index (χ2v) is 5.35. The molecule has 0 amide bonds. The van der Waals surface area contributed by atoms with Crippen LogP contribution in [-0.4, -0.2) is 10.1 Å². The zero-order valence-corrected chi connectivity index (χ0v) is 12.3. The van der Waals surface area contributed by atoms with Crippen molar-refractivity contribution in [1.82, 2.24) is 10.1 Å². The number of nitrogen functional groups attached to an aromatic ring is 1. The zero-order chi connectivity index (χ0) is 14.8. The number of benzene rings is 2. The Morgan fingerprint density at radius 3 is 2.86 bits per heavy atom. The fourth-order valence-electron chi connectivity index (χ4n) is 2.15. The molecule has 0 aliphatic heterocycles. The minimum Gasteiger partial charge on any atom is -0.398 e. The second kappa shape index (κ2) is 5.58. The van der Waals surface area contributed by atoms with E-state index in [0.29, 0.717) is 34.4 Å². The highest BCUT2D eigenvalue weighted by Crippen LogP contribution is 2.27. The summed E-state index contributed by atoms with van der Waals surface area (Å²) in [4.78, 5) is 4.39. The molecule has 21 heavy (non-hydrogen) atoms. The molecule has 2 N–H and O–H groups in total. The second-order valence-electron chi connectivity index (χ2n) is 4.91. The predicted octanol–water partition coefficient (Wildman–Crippen LogP) is 3.87. The molecule has 1 aromatic heterocycles. The number of halogens is 1. The van der Waals surface area contributed by atoms with Gasteiger partial charge in [0.25, 0.3) is 5.89 Å². The third kappa shape index (κ3) is 3.06. The van der Waals surface area contributed by atoms with E-state index in [1.807, 2.05) is 12.1 Å². The number of anilines is 1. The molecule has 0 saturated carbocycles. The summed E-state index contributed by atoms with van der Waals surface area (Å²) in [5, 5.41) is 4.58. The zero-order valence-electron chi connectivity index (χ0n) is 11.5. The highest BCUT2D eigenvalue weighted by molar-refractivity contribution is 6.31. The molecule has 3 aromatic rings. The third-order valence-electron chi connectivity index (χ3n) is 3.16. The number of nitrogens with two attached hydrogens (primary N) is 1. The largest absolute Gasteiger partial charge is 0.398 e. The minimum atomic E-state index is 0.387. The summed E-state index contributed by atoms with van der Waals surface area (Å²) in [5.74, 6) is 1.01. The molecular formula is C16H14ClN3O. The van der Waals surface area contributed by atoms with Crippen LogP contribution < -0.4 is 5.73 Å². The number of aryl methyl sites for hydroxylation is 1. The van der Waals surface area contributed by atoms with Gasteiger partial charge in [-0.25, -0.2) is 0 Å². The Morgan fingerprint density at radius 2 is 2.05 bits per heavy atom. The Balaban J connectivity index is 1.88. The molecule has 4 nitrogen and oxygen atoms in total. The Bertz CT molecular complexity index is 783.